The summed E-state index contributed by atoms with van der Waals surface area (Å²) in [4.78, 5) is 0. The summed E-state index contributed by atoms with van der Waals surface area (Å²) >= 11 is 0. The van der Waals surface area contributed by atoms with Gasteiger partial charge in [0, 0.05) is 0 Å². The van der Waals surface area contributed by atoms with Crippen LogP contribution in [0.3, 0.4) is 0 Å². The summed E-state index contributed by atoms with van der Waals surface area (Å²) in [5.74, 6) is 0. The molecule has 0 heteroatoms. The maximum absolute atomic E-state index is 3.68. The van der Waals surface area contributed by atoms with Gasteiger partial charge in [-0.05, 0) is 17.6 Å². The first-order valence-electron chi connectivity index (χ1n) is 3.02. The number of rotatable bonds is 2. The first-order valence-corrected chi connectivity index (χ1v) is 3.02. The van der Waals surface area contributed by atoms with E-state index in [1.54, 1.807) is 0 Å². The van der Waals surface area contributed by atoms with Gasteiger partial charge in [-0.1, -0.05) is 37.5 Å². The SMILES string of the molecule is C=CC1=CCC(C=C)=C1. The predicted octanol–water partition coefficient (Wildman–Crippen LogP) is 2.61. The largest absolute Gasteiger partial charge is 0.0988 e. The molecule has 0 fully saturated rings. The average Bonchev–Trinajstić information content (AvgIpc) is 2.34. The second-order valence-electron chi connectivity index (χ2n) is 2.04. The van der Waals surface area contributed by atoms with Crippen molar-refractivity contribution in [1.82, 2.24) is 0 Å². The second-order valence-corrected chi connectivity index (χ2v) is 2.04. The van der Waals surface area contributed by atoms with Gasteiger partial charge in [-0.25, -0.2) is 0 Å². The predicted molar refractivity (Wildman–Crippen MR) is 41.2 cm³/mol. The van der Waals surface area contributed by atoms with Crippen LogP contribution in [0.4, 0.5) is 0 Å². The minimum absolute atomic E-state index is 1.02. The minimum atomic E-state index is 1.02. The molecule has 46 valence electrons. The van der Waals surface area contributed by atoms with E-state index in [-0.39, 0.29) is 0 Å². The molecule has 1 aliphatic carbocycles. The van der Waals surface area contributed by atoms with E-state index in [4.69, 9.17) is 0 Å². The van der Waals surface area contributed by atoms with E-state index in [1.165, 1.54) is 11.1 Å². The van der Waals surface area contributed by atoms with E-state index in [0.29, 0.717) is 0 Å². The van der Waals surface area contributed by atoms with Crippen LogP contribution in [0.25, 0.3) is 0 Å². The van der Waals surface area contributed by atoms with Crippen LogP contribution in [-0.2, 0) is 0 Å². The van der Waals surface area contributed by atoms with E-state index in [2.05, 4.69) is 25.3 Å². The maximum Gasteiger partial charge on any atom is -0.00885 e. The molecule has 0 saturated carbocycles. The quantitative estimate of drug-likeness (QED) is 0.523. The van der Waals surface area contributed by atoms with Crippen molar-refractivity contribution >= 4 is 0 Å². The van der Waals surface area contributed by atoms with Gasteiger partial charge in [-0.3, -0.25) is 0 Å². The van der Waals surface area contributed by atoms with Crippen LogP contribution in [0.1, 0.15) is 6.42 Å². The van der Waals surface area contributed by atoms with E-state index in [9.17, 15) is 0 Å². The zero-order valence-electron chi connectivity index (χ0n) is 5.43. The van der Waals surface area contributed by atoms with Crippen LogP contribution in [0.15, 0.2) is 48.6 Å². The molecule has 0 radical (unpaired) electrons. The summed E-state index contributed by atoms with van der Waals surface area (Å²) in [6, 6.07) is 0. The van der Waals surface area contributed by atoms with E-state index in [1.807, 2.05) is 12.2 Å². The molecule has 1 rings (SSSR count). The third-order valence-electron chi connectivity index (χ3n) is 1.42. The second kappa shape index (κ2) is 2.49. The summed E-state index contributed by atoms with van der Waals surface area (Å²) < 4.78 is 0. The van der Waals surface area contributed by atoms with Crippen LogP contribution < -0.4 is 0 Å². The molecule has 0 N–H and O–H groups in total. The van der Waals surface area contributed by atoms with Gasteiger partial charge in [0.25, 0.3) is 0 Å². The van der Waals surface area contributed by atoms with Crippen LogP contribution in [0.5, 0.6) is 0 Å². The lowest BCUT2D eigenvalue weighted by atomic mass is 10.2. The highest BCUT2D eigenvalue weighted by Crippen LogP contribution is 2.17. The Hall–Kier alpha value is -1.04. The molecule has 0 amide bonds. The van der Waals surface area contributed by atoms with Crippen molar-refractivity contribution in [3.05, 3.63) is 48.6 Å². The summed E-state index contributed by atoms with van der Waals surface area (Å²) in [7, 11) is 0. The van der Waals surface area contributed by atoms with Crippen molar-refractivity contribution in [2.75, 3.05) is 0 Å². The fourth-order valence-electron chi connectivity index (χ4n) is 0.852. The highest BCUT2D eigenvalue weighted by Gasteiger charge is 1.98. The van der Waals surface area contributed by atoms with Gasteiger partial charge in [0.15, 0.2) is 0 Å². The minimum Gasteiger partial charge on any atom is -0.0988 e. The smallest absolute Gasteiger partial charge is 0.00885 e. The normalized spacial score (nSPS) is 16.4. The van der Waals surface area contributed by atoms with Crippen LogP contribution in [0, 0.1) is 0 Å². The Labute approximate surface area is 55.9 Å². The molecule has 0 saturated heterocycles. The molecule has 0 aromatic heterocycles. The van der Waals surface area contributed by atoms with Crippen LogP contribution >= 0.6 is 0 Å². The zero-order valence-corrected chi connectivity index (χ0v) is 5.43. The highest BCUT2D eigenvalue weighted by molar-refractivity contribution is 5.42. The first kappa shape index (κ1) is 6.09. The Morgan fingerprint density at radius 3 is 2.44 bits per heavy atom. The van der Waals surface area contributed by atoms with Gasteiger partial charge in [-0.2, -0.15) is 0 Å². The van der Waals surface area contributed by atoms with Crippen LogP contribution in [-0.4, -0.2) is 0 Å². The summed E-state index contributed by atoms with van der Waals surface area (Å²) in [6.07, 6.45) is 9.00. The molecule has 9 heavy (non-hydrogen) atoms. The van der Waals surface area contributed by atoms with Crippen LogP contribution in [0.2, 0.25) is 0 Å². The molecule has 0 spiro atoms. The summed E-state index contributed by atoms with van der Waals surface area (Å²) in [6.45, 7) is 7.34. The van der Waals surface area contributed by atoms with Crippen molar-refractivity contribution in [3.8, 4) is 0 Å². The molecular weight excluding hydrogens is 108 g/mol. The highest BCUT2D eigenvalue weighted by atomic mass is 14.0. The van der Waals surface area contributed by atoms with Gasteiger partial charge in [0.2, 0.25) is 0 Å². The lowest BCUT2D eigenvalue weighted by Gasteiger charge is -1.83. The molecule has 0 unspecified atom stereocenters. The Kier molecular flexibility index (Phi) is 1.69. The Balaban J connectivity index is 2.73. The van der Waals surface area contributed by atoms with Crippen molar-refractivity contribution in [2.24, 2.45) is 0 Å². The fraction of sp³-hybridized carbons (Fsp3) is 0.111. The van der Waals surface area contributed by atoms with Gasteiger partial charge < -0.3 is 0 Å². The Morgan fingerprint density at radius 2 is 2.11 bits per heavy atom. The van der Waals surface area contributed by atoms with Crippen molar-refractivity contribution < 1.29 is 0 Å². The molecular formula is C9H10. The molecule has 0 aromatic rings. The van der Waals surface area contributed by atoms with E-state index in [0.717, 1.165) is 6.42 Å². The summed E-state index contributed by atoms with van der Waals surface area (Å²) in [5.41, 5.74) is 2.50. The monoisotopic (exact) mass is 118 g/mol. The molecule has 0 atom stereocenters. The van der Waals surface area contributed by atoms with Gasteiger partial charge in [0.05, 0.1) is 0 Å². The van der Waals surface area contributed by atoms with Crippen molar-refractivity contribution in [1.29, 1.82) is 0 Å². The number of allylic oxidation sites excluding steroid dienone is 6. The van der Waals surface area contributed by atoms with E-state index >= 15 is 0 Å². The lowest BCUT2D eigenvalue weighted by molar-refractivity contribution is 1.34. The molecule has 0 heterocycles. The summed E-state index contributed by atoms with van der Waals surface area (Å²) in [5, 5.41) is 0. The number of hydrogen-bond acceptors (Lipinski definition) is 0. The first-order chi connectivity index (χ1) is 4.36. The molecule has 0 nitrogen and oxygen atoms in total. The van der Waals surface area contributed by atoms with Crippen molar-refractivity contribution in [2.45, 2.75) is 6.42 Å². The van der Waals surface area contributed by atoms with Gasteiger partial charge in [-0.15, -0.1) is 0 Å². The Morgan fingerprint density at radius 1 is 1.33 bits per heavy atom. The Bertz CT molecular complexity index is 192. The van der Waals surface area contributed by atoms with Gasteiger partial charge >= 0.3 is 0 Å². The third kappa shape index (κ3) is 1.20. The topological polar surface area (TPSA) is 0 Å². The van der Waals surface area contributed by atoms with Gasteiger partial charge in [0.1, 0.15) is 0 Å². The zero-order chi connectivity index (χ0) is 6.69. The van der Waals surface area contributed by atoms with E-state index < -0.39 is 0 Å². The fourth-order valence-corrected chi connectivity index (χ4v) is 0.852. The molecule has 1 aliphatic rings. The molecule has 0 bridgehead atoms. The van der Waals surface area contributed by atoms with Crippen molar-refractivity contribution in [3.63, 3.8) is 0 Å². The number of hydrogen-bond donors (Lipinski definition) is 0. The third-order valence-corrected chi connectivity index (χ3v) is 1.42. The molecule has 0 aromatic carbocycles. The lowest BCUT2D eigenvalue weighted by Crippen LogP contribution is -1.63. The maximum atomic E-state index is 3.68. The standard InChI is InChI=1S/C9H10/c1-3-8-5-6-9(4-2)7-8/h3-5,7H,1-2,6H2. The average molecular weight is 118 g/mol. The molecule has 0 aliphatic heterocycles.